The number of hydrogen-bond acceptors (Lipinski definition) is 4. The molecule has 4 heteroatoms. The molecule has 1 heterocycles. The number of carbonyl (C=O) groups excluding carboxylic acids is 2. The third kappa shape index (κ3) is 2.28. The molecule has 3 atom stereocenters. The van der Waals surface area contributed by atoms with Gasteiger partial charge in [-0.3, -0.25) is 4.79 Å². The van der Waals surface area contributed by atoms with Gasteiger partial charge in [0.15, 0.2) is 0 Å². The maximum Gasteiger partial charge on any atom is 0.333 e. The lowest BCUT2D eigenvalue weighted by Crippen LogP contribution is -2.48. The summed E-state index contributed by atoms with van der Waals surface area (Å²) in [5.74, 6) is -0.773. The number of hydrogen-bond donors (Lipinski definition) is 0. The second-order valence-corrected chi connectivity index (χ2v) is 5.88. The van der Waals surface area contributed by atoms with E-state index in [-0.39, 0.29) is 23.9 Å². The zero-order valence-corrected chi connectivity index (χ0v) is 11.2. The summed E-state index contributed by atoms with van der Waals surface area (Å²) in [6.45, 7) is 8.71. The molecule has 0 aromatic heterocycles. The quantitative estimate of drug-likeness (QED) is 0.571. The lowest BCUT2D eigenvalue weighted by Gasteiger charge is -2.38. The largest absolute Gasteiger partial charge is 0.462 e. The van der Waals surface area contributed by atoms with Gasteiger partial charge in [0.2, 0.25) is 0 Å². The Labute approximate surface area is 107 Å². The van der Waals surface area contributed by atoms with Crippen LogP contribution in [0, 0.1) is 11.8 Å². The average molecular weight is 252 g/mol. The van der Waals surface area contributed by atoms with Crippen molar-refractivity contribution in [2.75, 3.05) is 0 Å². The summed E-state index contributed by atoms with van der Waals surface area (Å²) < 4.78 is 10.8. The number of rotatable bonds is 3. The second kappa shape index (κ2) is 4.41. The SMILES string of the molecule is C=C(C)C(=O)OC(C)(C)C1C(=O)OC2CCC1C2. The van der Waals surface area contributed by atoms with E-state index in [1.807, 2.05) is 0 Å². The standard InChI is InChI=1S/C14H20O4/c1-8(2)12(15)18-14(3,4)11-9-5-6-10(7-9)17-13(11)16/h9-11H,1,5-7H2,2-4H3. The highest BCUT2D eigenvalue weighted by Crippen LogP contribution is 2.44. The minimum atomic E-state index is -0.840. The van der Waals surface area contributed by atoms with Gasteiger partial charge in [0, 0.05) is 5.57 Å². The van der Waals surface area contributed by atoms with Crippen LogP contribution in [0.5, 0.6) is 0 Å². The Balaban J connectivity index is 2.15. The summed E-state index contributed by atoms with van der Waals surface area (Å²) >= 11 is 0. The van der Waals surface area contributed by atoms with Crippen LogP contribution in [0.4, 0.5) is 0 Å². The van der Waals surface area contributed by atoms with Gasteiger partial charge in [-0.05, 0) is 46.0 Å². The molecule has 1 aliphatic heterocycles. The molecule has 1 saturated heterocycles. The third-order valence-corrected chi connectivity index (χ3v) is 3.89. The van der Waals surface area contributed by atoms with Gasteiger partial charge in [-0.25, -0.2) is 4.79 Å². The van der Waals surface area contributed by atoms with Gasteiger partial charge < -0.3 is 9.47 Å². The molecular formula is C14H20O4. The summed E-state index contributed by atoms with van der Waals surface area (Å²) in [6.07, 6.45) is 2.86. The van der Waals surface area contributed by atoms with Crippen molar-refractivity contribution in [1.29, 1.82) is 0 Å². The van der Waals surface area contributed by atoms with Gasteiger partial charge in [0.25, 0.3) is 0 Å². The van der Waals surface area contributed by atoms with E-state index in [0.717, 1.165) is 19.3 Å². The first-order valence-corrected chi connectivity index (χ1v) is 6.40. The van der Waals surface area contributed by atoms with Gasteiger partial charge in [-0.15, -0.1) is 0 Å². The molecule has 2 fully saturated rings. The molecule has 1 aliphatic carbocycles. The van der Waals surface area contributed by atoms with Gasteiger partial charge >= 0.3 is 11.9 Å². The van der Waals surface area contributed by atoms with Crippen LogP contribution in [0.3, 0.4) is 0 Å². The molecule has 1 saturated carbocycles. The van der Waals surface area contributed by atoms with Gasteiger partial charge in [0.1, 0.15) is 11.7 Å². The predicted octanol–water partition coefficient (Wildman–Crippen LogP) is 2.23. The van der Waals surface area contributed by atoms with Crippen molar-refractivity contribution in [2.45, 2.75) is 51.7 Å². The van der Waals surface area contributed by atoms with Crippen molar-refractivity contribution in [3.63, 3.8) is 0 Å². The fraction of sp³-hybridized carbons (Fsp3) is 0.714. The molecule has 2 rings (SSSR count). The molecule has 0 aromatic rings. The fourth-order valence-electron chi connectivity index (χ4n) is 3.05. The first kappa shape index (κ1) is 13.1. The first-order chi connectivity index (χ1) is 8.31. The van der Waals surface area contributed by atoms with Gasteiger partial charge in [-0.2, -0.15) is 0 Å². The summed E-state index contributed by atoms with van der Waals surface area (Å²) in [6, 6.07) is 0. The van der Waals surface area contributed by atoms with Crippen LogP contribution in [0.1, 0.15) is 40.0 Å². The van der Waals surface area contributed by atoms with Crippen molar-refractivity contribution >= 4 is 11.9 Å². The fourth-order valence-corrected chi connectivity index (χ4v) is 3.05. The smallest absolute Gasteiger partial charge is 0.333 e. The van der Waals surface area contributed by atoms with Crippen molar-refractivity contribution in [1.82, 2.24) is 0 Å². The number of fused-ring (bicyclic) bond motifs is 2. The Hall–Kier alpha value is -1.32. The van der Waals surface area contributed by atoms with Gasteiger partial charge in [0.05, 0.1) is 5.92 Å². The maximum absolute atomic E-state index is 12.0. The molecule has 4 nitrogen and oxygen atoms in total. The predicted molar refractivity (Wildman–Crippen MR) is 65.7 cm³/mol. The third-order valence-electron chi connectivity index (χ3n) is 3.89. The van der Waals surface area contributed by atoms with Crippen LogP contribution in [-0.2, 0) is 19.1 Å². The molecular weight excluding hydrogens is 232 g/mol. The Morgan fingerprint density at radius 1 is 1.44 bits per heavy atom. The lowest BCUT2D eigenvalue weighted by molar-refractivity contribution is -0.181. The van der Waals surface area contributed by atoms with E-state index in [1.165, 1.54) is 0 Å². The van der Waals surface area contributed by atoms with Crippen LogP contribution in [0.2, 0.25) is 0 Å². The van der Waals surface area contributed by atoms with E-state index < -0.39 is 11.6 Å². The molecule has 18 heavy (non-hydrogen) atoms. The van der Waals surface area contributed by atoms with E-state index in [0.29, 0.717) is 5.57 Å². The highest BCUT2D eigenvalue weighted by molar-refractivity contribution is 5.87. The van der Waals surface area contributed by atoms with Crippen LogP contribution in [0.15, 0.2) is 12.2 Å². The Bertz CT molecular complexity index is 397. The average Bonchev–Trinajstić information content (AvgIpc) is 2.58. The summed E-state index contributed by atoms with van der Waals surface area (Å²) in [7, 11) is 0. The van der Waals surface area contributed by atoms with Crippen LogP contribution in [0.25, 0.3) is 0 Å². The topological polar surface area (TPSA) is 52.6 Å². The second-order valence-electron chi connectivity index (χ2n) is 5.88. The zero-order chi connectivity index (χ0) is 13.5. The molecule has 0 aromatic carbocycles. The first-order valence-electron chi connectivity index (χ1n) is 6.40. The lowest BCUT2D eigenvalue weighted by atomic mass is 9.78. The highest BCUT2D eigenvalue weighted by Gasteiger charge is 2.51. The number of carbonyl (C=O) groups is 2. The molecule has 0 amide bonds. The number of ether oxygens (including phenoxy) is 2. The van der Waals surface area contributed by atoms with Crippen molar-refractivity contribution in [3.8, 4) is 0 Å². The van der Waals surface area contributed by atoms with E-state index >= 15 is 0 Å². The van der Waals surface area contributed by atoms with Crippen LogP contribution >= 0.6 is 0 Å². The Kier molecular flexibility index (Phi) is 3.21. The minimum Gasteiger partial charge on any atom is -0.462 e. The van der Waals surface area contributed by atoms with E-state index in [1.54, 1.807) is 20.8 Å². The molecule has 0 N–H and O–H groups in total. The molecule has 3 unspecified atom stereocenters. The van der Waals surface area contributed by atoms with Crippen LogP contribution < -0.4 is 0 Å². The Morgan fingerprint density at radius 2 is 2.11 bits per heavy atom. The summed E-state index contributed by atoms with van der Waals surface area (Å²) in [5, 5.41) is 0. The minimum absolute atomic E-state index is 0.0754. The highest BCUT2D eigenvalue weighted by atomic mass is 16.6. The van der Waals surface area contributed by atoms with Gasteiger partial charge in [-0.1, -0.05) is 6.58 Å². The number of esters is 2. The van der Waals surface area contributed by atoms with E-state index in [2.05, 4.69) is 6.58 Å². The molecule has 2 aliphatic rings. The monoisotopic (exact) mass is 252 g/mol. The van der Waals surface area contributed by atoms with E-state index in [4.69, 9.17) is 9.47 Å². The molecule has 0 spiro atoms. The van der Waals surface area contributed by atoms with Crippen molar-refractivity contribution in [3.05, 3.63) is 12.2 Å². The molecule has 0 radical (unpaired) electrons. The van der Waals surface area contributed by atoms with Crippen molar-refractivity contribution in [2.24, 2.45) is 11.8 Å². The normalized spacial score (nSPS) is 30.8. The summed E-state index contributed by atoms with van der Waals surface area (Å²) in [5.41, 5.74) is -0.496. The Morgan fingerprint density at radius 3 is 2.72 bits per heavy atom. The summed E-state index contributed by atoms with van der Waals surface area (Å²) in [4.78, 5) is 23.7. The molecule has 100 valence electrons. The van der Waals surface area contributed by atoms with Crippen molar-refractivity contribution < 1.29 is 19.1 Å². The molecule has 2 bridgehead atoms. The van der Waals surface area contributed by atoms with E-state index in [9.17, 15) is 9.59 Å². The van der Waals surface area contributed by atoms with Crippen LogP contribution in [-0.4, -0.2) is 23.6 Å². The zero-order valence-electron chi connectivity index (χ0n) is 11.2. The maximum atomic E-state index is 12.0.